The Labute approximate surface area is 488 Å². The number of rotatable bonds is 26. The topological polar surface area (TPSA) is 138 Å². The van der Waals surface area contributed by atoms with Crippen LogP contribution in [0.15, 0.2) is 218 Å². The molecule has 0 fully saturated rings. The van der Waals surface area contributed by atoms with Crippen LogP contribution in [0.2, 0.25) is 0 Å². The summed E-state index contributed by atoms with van der Waals surface area (Å²) in [5.74, 6) is 0. The minimum atomic E-state index is -1.02. The van der Waals surface area contributed by atoms with Crippen molar-refractivity contribution in [2.75, 3.05) is 39.4 Å². The van der Waals surface area contributed by atoms with Gasteiger partial charge in [-0.15, -0.1) is 0 Å². The molecule has 0 saturated carbocycles. The highest BCUT2D eigenvalue weighted by molar-refractivity contribution is 5.89. The fraction of sp³-hybridized carbons (Fsp3) is 0.257. The van der Waals surface area contributed by atoms with Crippen LogP contribution in [-0.4, -0.2) is 61.0 Å². The number of nitrogens with zero attached hydrogens (tertiary/aromatic N) is 4. The molecular formula is C70H74N4O9. The van der Waals surface area contributed by atoms with Crippen LogP contribution in [0, 0.1) is 0 Å². The summed E-state index contributed by atoms with van der Waals surface area (Å²) < 4.78 is 23.4. The Balaban J connectivity index is 0.849. The number of hydrogen-bond acceptors (Lipinski definition) is 8. The summed E-state index contributed by atoms with van der Waals surface area (Å²) >= 11 is 0. The lowest BCUT2D eigenvalue weighted by Crippen LogP contribution is -2.38. The Morgan fingerprint density at radius 2 is 0.771 bits per heavy atom. The third kappa shape index (κ3) is 18.4. The smallest absolute Gasteiger partial charge is 0.415 e. The van der Waals surface area contributed by atoms with Crippen molar-refractivity contribution in [2.45, 2.75) is 97.7 Å². The molecule has 0 aromatic heterocycles. The predicted molar refractivity (Wildman–Crippen MR) is 328 cm³/mol. The molecule has 4 amide bonds. The first-order valence-corrected chi connectivity index (χ1v) is 28.3. The molecule has 0 radical (unpaired) electrons. The standard InChI is InChI=1S/C70H74N4O9/c1-5-80-52-53(2)82-68(78)73(50-60-24-14-8-15-25-60)64-40-32-56(33-41-64)47-57-34-42-65(43-35-57)74(51-61-26-16-9-17-27-61)69(79)83-70(3,4)44-18-19-45-81-67(77)72(49-59-22-12-7-13-23-59)63-38-30-55(31-39-63)46-54-28-36-62(37-29-54)71(66(75)76)48-58-20-10-6-11-21-58/h6-17,20-43,53H,5,18-19,44-52H2,1-4H3,(H,75,76). The molecule has 1 unspecified atom stereocenters. The van der Waals surface area contributed by atoms with E-state index in [1.807, 2.05) is 246 Å². The van der Waals surface area contributed by atoms with Crippen molar-refractivity contribution in [1.29, 1.82) is 0 Å². The van der Waals surface area contributed by atoms with Crippen LogP contribution < -0.4 is 19.6 Å². The summed E-state index contributed by atoms with van der Waals surface area (Å²) in [5, 5.41) is 9.96. The minimum absolute atomic E-state index is 0.180. The van der Waals surface area contributed by atoms with Gasteiger partial charge in [0.1, 0.15) is 11.7 Å². The molecule has 0 spiro atoms. The average molecular weight is 1120 g/mol. The van der Waals surface area contributed by atoms with Gasteiger partial charge in [0.15, 0.2) is 0 Å². The normalized spacial score (nSPS) is 11.5. The second kappa shape index (κ2) is 30.0. The highest BCUT2D eigenvalue weighted by Crippen LogP contribution is 2.28. The summed E-state index contributed by atoms with van der Waals surface area (Å²) in [6.07, 6.45) is 0.176. The molecule has 0 bridgehead atoms. The summed E-state index contributed by atoms with van der Waals surface area (Å²) in [6.45, 7) is 9.79. The Morgan fingerprint density at radius 3 is 1.13 bits per heavy atom. The lowest BCUT2D eigenvalue weighted by molar-refractivity contribution is 0.0342. The van der Waals surface area contributed by atoms with Gasteiger partial charge in [0.25, 0.3) is 0 Å². The van der Waals surface area contributed by atoms with E-state index in [9.17, 15) is 24.3 Å². The molecule has 8 rings (SSSR count). The lowest BCUT2D eigenvalue weighted by Gasteiger charge is -2.30. The van der Waals surface area contributed by atoms with Crippen LogP contribution in [0.4, 0.5) is 41.9 Å². The van der Waals surface area contributed by atoms with Gasteiger partial charge in [0.05, 0.1) is 39.4 Å². The van der Waals surface area contributed by atoms with Gasteiger partial charge in [0.2, 0.25) is 0 Å². The number of unbranched alkanes of at least 4 members (excludes halogenated alkanes) is 1. The quantitative estimate of drug-likeness (QED) is 0.0415. The largest absolute Gasteiger partial charge is 0.465 e. The van der Waals surface area contributed by atoms with Crippen molar-refractivity contribution >= 4 is 47.1 Å². The number of amides is 4. The summed E-state index contributed by atoms with van der Waals surface area (Å²) in [4.78, 5) is 60.0. The molecule has 8 aromatic rings. The van der Waals surface area contributed by atoms with Crippen LogP contribution in [0.3, 0.4) is 0 Å². The molecule has 0 heterocycles. The maximum Gasteiger partial charge on any atom is 0.415 e. The fourth-order valence-electron chi connectivity index (χ4n) is 9.55. The van der Waals surface area contributed by atoms with Gasteiger partial charge in [-0.3, -0.25) is 19.6 Å². The Kier molecular flexibility index (Phi) is 21.7. The summed E-state index contributed by atoms with van der Waals surface area (Å²) in [7, 11) is 0. The monoisotopic (exact) mass is 1110 g/mol. The van der Waals surface area contributed by atoms with Gasteiger partial charge in [-0.1, -0.05) is 170 Å². The fourth-order valence-corrected chi connectivity index (χ4v) is 9.55. The number of carbonyl (C=O) groups is 4. The first kappa shape index (κ1) is 59.9. The van der Waals surface area contributed by atoms with Crippen molar-refractivity contribution in [3.63, 3.8) is 0 Å². The lowest BCUT2D eigenvalue weighted by atomic mass is 10.0. The van der Waals surface area contributed by atoms with Gasteiger partial charge in [0, 0.05) is 29.4 Å². The second-order valence-corrected chi connectivity index (χ2v) is 21.1. The van der Waals surface area contributed by atoms with Crippen molar-refractivity contribution in [3.05, 3.63) is 263 Å². The van der Waals surface area contributed by atoms with E-state index in [4.69, 9.17) is 18.9 Å². The molecular weight excluding hydrogens is 1040 g/mol. The van der Waals surface area contributed by atoms with Crippen LogP contribution in [0.1, 0.15) is 91.5 Å². The number of carbonyl (C=O) groups excluding carboxylic acids is 3. The third-order valence-corrected chi connectivity index (χ3v) is 14.1. The molecule has 0 aliphatic carbocycles. The molecule has 1 N–H and O–H groups in total. The zero-order chi connectivity index (χ0) is 58.4. The molecule has 8 aromatic carbocycles. The van der Waals surface area contributed by atoms with Gasteiger partial charge < -0.3 is 24.1 Å². The molecule has 0 aliphatic heterocycles. The summed E-state index contributed by atoms with van der Waals surface area (Å²) in [5.41, 5.74) is 9.79. The Morgan fingerprint density at radius 1 is 0.434 bits per heavy atom. The van der Waals surface area contributed by atoms with Gasteiger partial charge in [-0.25, -0.2) is 19.2 Å². The Bertz CT molecular complexity index is 3270. The highest BCUT2D eigenvalue weighted by atomic mass is 16.6. The third-order valence-electron chi connectivity index (χ3n) is 14.1. The summed E-state index contributed by atoms with van der Waals surface area (Å²) in [6, 6.07) is 70.1. The van der Waals surface area contributed by atoms with Crippen molar-refractivity contribution < 1.29 is 43.2 Å². The van der Waals surface area contributed by atoms with Crippen molar-refractivity contribution in [3.8, 4) is 0 Å². The maximum absolute atomic E-state index is 14.2. The first-order valence-electron chi connectivity index (χ1n) is 28.3. The number of hydrogen-bond donors (Lipinski definition) is 1. The number of anilines is 4. The van der Waals surface area contributed by atoms with Gasteiger partial charge >= 0.3 is 24.4 Å². The zero-order valence-corrected chi connectivity index (χ0v) is 47.8. The molecule has 13 heteroatoms. The zero-order valence-electron chi connectivity index (χ0n) is 47.8. The number of benzene rings is 8. The average Bonchev–Trinajstić information content (AvgIpc) is 3.69. The molecule has 1 atom stereocenters. The predicted octanol–water partition coefficient (Wildman–Crippen LogP) is 16.1. The van der Waals surface area contributed by atoms with Crippen molar-refractivity contribution in [2.24, 2.45) is 0 Å². The van der Waals surface area contributed by atoms with E-state index in [0.29, 0.717) is 82.0 Å². The SMILES string of the molecule is CCOCC(C)OC(=O)N(Cc1ccccc1)c1ccc(Cc2ccc(N(Cc3ccccc3)C(=O)OC(C)(C)CCCCOC(=O)N(Cc3ccccc3)c3ccc(Cc4ccc(N(Cc5ccccc5)C(=O)O)cc4)cc3)cc2)cc1. The molecule has 13 nitrogen and oxygen atoms in total. The van der Waals surface area contributed by atoms with E-state index in [1.165, 1.54) is 4.90 Å². The number of ether oxygens (including phenoxy) is 4. The van der Waals surface area contributed by atoms with Crippen molar-refractivity contribution in [1.82, 2.24) is 0 Å². The molecule has 428 valence electrons. The van der Waals surface area contributed by atoms with E-state index in [2.05, 4.69) is 0 Å². The van der Waals surface area contributed by atoms with E-state index in [1.54, 1.807) is 14.7 Å². The van der Waals surface area contributed by atoms with Crippen LogP contribution in [-0.2, 0) is 58.0 Å². The second-order valence-electron chi connectivity index (χ2n) is 21.1. The van der Waals surface area contributed by atoms with Crippen LogP contribution in [0.5, 0.6) is 0 Å². The molecule has 0 saturated heterocycles. The first-order chi connectivity index (χ1) is 40.3. The minimum Gasteiger partial charge on any atom is -0.465 e. The van der Waals surface area contributed by atoms with Crippen LogP contribution in [0.25, 0.3) is 0 Å². The van der Waals surface area contributed by atoms with E-state index in [-0.39, 0.29) is 13.2 Å². The van der Waals surface area contributed by atoms with Crippen LogP contribution >= 0.6 is 0 Å². The maximum atomic E-state index is 14.2. The molecule has 83 heavy (non-hydrogen) atoms. The molecule has 0 aliphatic rings. The Hall–Kier alpha value is -9.20. The van der Waals surface area contributed by atoms with E-state index >= 15 is 0 Å². The number of carboxylic acid groups (broad SMARTS) is 1. The van der Waals surface area contributed by atoms with E-state index in [0.717, 1.165) is 50.2 Å². The highest BCUT2D eigenvalue weighted by Gasteiger charge is 2.28. The van der Waals surface area contributed by atoms with Gasteiger partial charge in [-0.2, -0.15) is 0 Å². The van der Waals surface area contributed by atoms with E-state index < -0.39 is 36.1 Å². The van der Waals surface area contributed by atoms with Gasteiger partial charge in [-0.05, 0) is 153 Å².